The Morgan fingerprint density at radius 2 is 1.20 bits per heavy atom. The molecular weight excluding hydrogens is 309 g/mol. The topological polar surface area (TPSA) is 3.24 Å². The van der Waals surface area contributed by atoms with Crippen molar-refractivity contribution in [1.82, 2.24) is 4.90 Å². The minimum Gasteiger partial charge on any atom is -0.284 e. The first-order valence-corrected chi connectivity index (χ1v) is 8.34. The molecule has 0 N–H and O–H groups in total. The van der Waals surface area contributed by atoms with Crippen LogP contribution in [0.25, 0.3) is 0 Å². The van der Waals surface area contributed by atoms with Gasteiger partial charge in [0.25, 0.3) is 0 Å². The van der Waals surface area contributed by atoms with Gasteiger partial charge in [-0.15, -0.1) is 0 Å². The first kappa shape index (κ1) is 17.0. The van der Waals surface area contributed by atoms with E-state index in [1.165, 1.54) is 23.3 Å². The van der Waals surface area contributed by atoms with E-state index in [1.54, 1.807) is 12.1 Å². The summed E-state index contributed by atoms with van der Waals surface area (Å²) in [5.41, 5.74) is 3.37. The van der Waals surface area contributed by atoms with E-state index in [9.17, 15) is 4.39 Å². The van der Waals surface area contributed by atoms with Gasteiger partial charge in [-0.1, -0.05) is 72.5 Å². The molecule has 0 saturated heterocycles. The van der Waals surface area contributed by atoms with Crippen molar-refractivity contribution in [2.75, 3.05) is 6.54 Å². The molecule has 3 rings (SSSR count). The Morgan fingerprint density at radius 3 is 1.72 bits per heavy atom. The minimum absolute atomic E-state index is 0.236. The van der Waals surface area contributed by atoms with Crippen LogP contribution in [0.2, 0.25) is 0 Å². The normalized spacial score (nSPS) is 10.3. The SMILES string of the molecule is Fc1ccc(C#CCN(Cc2ccccc2)Cc2ccccc2)cc1. The van der Waals surface area contributed by atoms with Gasteiger partial charge < -0.3 is 0 Å². The van der Waals surface area contributed by atoms with E-state index in [-0.39, 0.29) is 5.82 Å². The van der Waals surface area contributed by atoms with Crippen molar-refractivity contribution in [3.63, 3.8) is 0 Å². The monoisotopic (exact) mass is 329 g/mol. The number of hydrogen-bond acceptors (Lipinski definition) is 1. The highest BCUT2D eigenvalue weighted by Crippen LogP contribution is 2.09. The highest BCUT2D eigenvalue weighted by molar-refractivity contribution is 5.34. The van der Waals surface area contributed by atoms with E-state index in [0.717, 1.165) is 18.7 Å². The summed E-state index contributed by atoms with van der Waals surface area (Å²) in [4.78, 5) is 2.31. The molecule has 0 bridgehead atoms. The average molecular weight is 329 g/mol. The zero-order chi connectivity index (χ0) is 17.3. The summed E-state index contributed by atoms with van der Waals surface area (Å²) in [6.45, 7) is 2.34. The third kappa shape index (κ3) is 5.60. The van der Waals surface area contributed by atoms with E-state index in [4.69, 9.17) is 0 Å². The molecule has 0 aromatic heterocycles. The van der Waals surface area contributed by atoms with Gasteiger partial charge in [-0.3, -0.25) is 4.90 Å². The Morgan fingerprint density at radius 1 is 0.680 bits per heavy atom. The van der Waals surface area contributed by atoms with E-state index in [0.29, 0.717) is 6.54 Å². The molecule has 0 atom stereocenters. The quantitative estimate of drug-likeness (QED) is 0.603. The van der Waals surface area contributed by atoms with Crippen molar-refractivity contribution < 1.29 is 4.39 Å². The molecule has 124 valence electrons. The summed E-state index contributed by atoms with van der Waals surface area (Å²) in [5.74, 6) is 6.09. The van der Waals surface area contributed by atoms with Crippen LogP contribution in [0.5, 0.6) is 0 Å². The van der Waals surface area contributed by atoms with Crippen LogP contribution in [-0.2, 0) is 13.1 Å². The van der Waals surface area contributed by atoms with Crippen molar-refractivity contribution in [3.05, 3.63) is 107 Å². The average Bonchev–Trinajstić information content (AvgIpc) is 2.65. The largest absolute Gasteiger partial charge is 0.284 e. The number of benzene rings is 3. The van der Waals surface area contributed by atoms with Crippen LogP contribution in [0.3, 0.4) is 0 Å². The predicted molar refractivity (Wildman–Crippen MR) is 100 cm³/mol. The van der Waals surface area contributed by atoms with Gasteiger partial charge in [0.1, 0.15) is 5.82 Å². The maximum absolute atomic E-state index is 13.0. The van der Waals surface area contributed by atoms with Crippen molar-refractivity contribution in [2.45, 2.75) is 13.1 Å². The van der Waals surface area contributed by atoms with E-state index in [1.807, 2.05) is 12.1 Å². The van der Waals surface area contributed by atoms with Gasteiger partial charge in [0.2, 0.25) is 0 Å². The molecule has 3 aromatic rings. The molecule has 2 heteroatoms. The molecule has 0 saturated carbocycles. The minimum atomic E-state index is -0.236. The van der Waals surface area contributed by atoms with Gasteiger partial charge in [-0.2, -0.15) is 0 Å². The Kier molecular flexibility index (Phi) is 5.98. The molecule has 0 aliphatic carbocycles. The maximum Gasteiger partial charge on any atom is 0.123 e. The van der Waals surface area contributed by atoms with Crippen molar-refractivity contribution in [1.29, 1.82) is 0 Å². The van der Waals surface area contributed by atoms with Gasteiger partial charge in [-0.05, 0) is 35.4 Å². The van der Waals surface area contributed by atoms with E-state index in [2.05, 4.69) is 65.3 Å². The highest BCUT2D eigenvalue weighted by Gasteiger charge is 2.05. The Bertz CT molecular complexity index is 789. The summed E-state index contributed by atoms with van der Waals surface area (Å²) < 4.78 is 13.0. The van der Waals surface area contributed by atoms with Gasteiger partial charge >= 0.3 is 0 Å². The second-order valence-electron chi connectivity index (χ2n) is 5.93. The molecule has 0 fully saturated rings. The lowest BCUT2D eigenvalue weighted by molar-refractivity contribution is 0.290. The van der Waals surface area contributed by atoms with Crippen LogP contribution in [0.15, 0.2) is 84.9 Å². The maximum atomic E-state index is 13.0. The highest BCUT2D eigenvalue weighted by atomic mass is 19.1. The van der Waals surface area contributed by atoms with Crippen molar-refractivity contribution in [3.8, 4) is 11.8 Å². The first-order valence-electron chi connectivity index (χ1n) is 8.34. The Labute approximate surface area is 148 Å². The predicted octanol–water partition coefficient (Wildman–Crippen LogP) is 4.88. The smallest absolute Gasteiger partial charge is 0.123 e. The Hall–Kier alpha value is -2.89. The lowest BCUT2D eigenvalue weighted by atomic mass is 10.1. The van der Waals surface area contributed by atoms with Gasteiger partial charge in [0, 0.05) is 18.7 Å². The molecule has 0 unspecified atom stereocenters. The molecule has 0 radical (unpaired) electrons. The molecule has 0 aliphatic rings. The molecule has 0 heterocycles. The fourth-order valence-corrected chi connectivity index (χ4v) is 2.64. The summed E-state index contributed by atoms with van der Waals surface area (Å²) in [6, 6.07) is 27.1. The second kappa shape index (κ2) is 8.82. The van der Waals surface area contributed by atoms with Gasteiger partial charge in [-0.25, -0.2) is 4.39 Å². The summed E-state index contributed by atoms with van der Waals surface area (Å²) in [5, 5.41) is 0. The van der Waals surface area contributed by atoms with Gasteiger partial charge in [0.05, 0.1) is 6.54 Å². The summed E-state index contributed by atoms with van der Waals surface area (Å²) in [6.07, 6.45) is 0. The van der Waals surface area contributed by atoms with Crippen LogP contribution in [0.1, 0.15) is 16.7 Å². The third-order valence-electron chi connectivity index (χ3n) is 3.88. The summed E-state index contributed by atoms with van der Waals surface area (Å²) >= 11 is 0. The fourth-order valence-electron chi connectivity index (χ4n) is 2.64. The van der Waals surface area contributed by atoms with Crippen LogP contribution < -0.4 is 0 Å². The molecule has 25 heavy (non-hydrogen) atoms. The van der Waals surface area contributed by atoms with Crippen molar-refractivity contribution >= 4 is 0 Å². The molecular formula is C23H20FN. The first-order chi connectivity index (χ1) is 12.3. The Balaban J connectivity index is 1.70. The van der Waals surface area contributed by atoms with Crippen LogP contribution in [0, 0.1) is 17.7 Å². The summed E-state index contributed by atoms with van der Waals surface area (Å²) in [7, 11) is 0. The number of nitrogens with zero attached hydrogens (tertiary/aromatic N) is 1. The fraction of sp³-hybridized carbons (Fsp3) is 0.130. The standard InChI is InChI=1S/C23H20FN/c24-23-15-13-20(14-16-23)12-7-17-25(18-21-8-3-1-4-9-21)19-22-10-5-2-6-11-22/h1-6,8-11,13-16H,17-19H2. The third-order valence-corrected chi connectivity index (χ3v) is 3.88. The van der Waals surface area contributed by atoms with Gasteiger partial charge in [0.15, 0.2) is 0 Å². The number of rotatable bonds is 5. The molecule has 3 aromatic carbocycles. The molecule has 1 nitrogen and oxygen atoms in total. The van der Waals surface area contributed by atoms with Crippen LogP contribution in [0.4, 0.5) is 4.39 Å². The second-order valence-corrected chi connectivity index (χ2v) is 5.93. The molecule has 0 amide bonds. The lowest BCUT2D eigenvalue weighted by Gasteiger charge is -2.20. The zero-order valence-electron chi connectivity index (χ0n) is 14.0. The molecule has 0 aliphatic heterocycles. The zero-order valence-corrected chi connectivity index (χ0v) is 14.0. The van der Waals surface area contributed by atoms with Crippen molar-refractivity contribution in [2.24, 2.45) is 0 Å². The van der Waals surface area contributed by atoms with Crippen LogP contribution >= 0.6 is 0 Å². The number of hydrogen-bond donors (Lipinski definition) is 0. The van der Waals surface area contributed by atoms with Crippen LogP contribution in [-0.4, -0.2) is 11.4 Å². The van der Waals surface area contributed by atoms with E-state index >= 15 is 0 Å². The number of halogens is 1. The van der Waals surface area contributed by atoms with E-state index < -0.39 is 0 Å². The molecule has 0 spiro atoms. The lowest BCUT2D eigenvalue weighted by Crippen LogP contribution is -2.23.